The molecule has 0 aromatic rings. The smallest absolute Gasteiger partial charge is 0.0707 e. The first-order chi connectivity index (χ1) is 10.5. The highest BCUT2D eigenvalue weighted by molar-refractivity contribution is 4.92. The van der Waals surface area contributed by atoms with Crippen molar-refractivity contribution in [2.75, 3.05) is 26.3 Å². The van der Waals surface area contributed by atoms with E-state index in [1.54, 1.807) is 0 Å². The summed E-state index contributed by atoms with van der Waals surface area (Å²) < 4.78 is 11.2. The molecule has 0 aliphatic carbocycles. The third kappa shape index (κ3) is 3.66. The van der Waals surface area contributed by atoms with Crippen LogP contribution in [-0.4, -0.2) is 72.5 Å². The van der Waals surface area contributed by atoms with E-state index in [4.69, 9.17) is 9.47 Å². The number of hydrogen-bond acceptors (Lipinski definition) is 4. The number of nitrogens with zero attached hydrogens (tertiary/aromatic N) is 2. The molecule has 4 unspecified atom stereocenters. The minimum absolute atomic E-state index is 0.552. The maximum Gasteiger partial charge on any atom is 0.0707 e. The fraction of sp³-hybridized carbons (Fsp3) is 1.00. The molecule has 0 saturated carbocycles. The Labute approximate surface area is 136 Å². The average molecular weight is 310 g/mol. The molecule has 0 N–H and O–H groups in total. The lowest BCUT2D eigenvalue weighted by molar-refractivity contribution is -0.0480. The highest BCUT2D eigenvalue weighted by atomic mass is 16.5. The van der Waals surface area contributed by atoms with Gasteiger partial charge in [0, 0.05) is 37.3 Å². The molecule has 4 aliphatic heterocycles. The van der Waals surface area contributed by atoms with E-state index in [9.17, 15) is 0 Å². The van der Waals surface area contributed by atoms with Crippen molar-refractivity contribution in [1.82, 2.24) is 9.80 Å². The van der Waals surface area contributed by atoms with E-state index in [2.05, 4.69) is 37.5 Å². The summed E-state index contributed by atoms with van der Waals surface area (Å²) in [6.45, 7) is 13.4. The molecule has 4 nitrogen and oxygen atoms in total. The minimum Gasteiger partial charge on any atom is -0.378 e. The van der Waals surface area contributed by atoms with Crippen molar-refractivity contribution in [3.63, 3.8) is 0 Å². The highest BCUT2D eigenvalue weighted by Gasteiger charge is 2.38. The summed E-state index contributed by atoms with van der Waals surface area (Å²) in [4.78, 5) is 5.16. The van der Waals surface area contributed by atoms with Crippen molar-refractivity contribution in [2.24, 2.45) is 0 Å². The second kappa shape index (κ2) is 7.16. The highest BCUT2D eigenvalue weighted by Crippen LogP contribution is 2.30. The summed E-state index contributed by atoms with van der Waals surface area (Å²) in [5.74, 6) is 0. The first-order valence-corrected chi connectivity index (χ1v) is 9.29. The fourth-order valence-corrected chi connectivity index (χ4v) is 4.57. The molecule has 4 saturated heterocycles. The van der Waals surface area contributed by atoms with Gasteiger partial charge >= 0.3 is 0 Å². The van der Waals surface area contributed by atoms with Crippen molar-refractivity contribution in [2.45, 2.75) is 89.8 Å². The maximum atomic E-state index is 5.74. The van der Waals surface area contributed by atoms with E-state index >= 15 is 0 Å². The van der Waals surface area contributed by atoms with Crippen molar-refractivity contribution in [3.05, 3.63) is 0 Å². The monoisotopic (exact) mass is 310 g/mol. The number of fused-ring (bicyclic) bond motifs is 4. The average Bonchev–Trinajstić information content (AvgIpc) is 2.95. The molecule has 0 amide bonds. The largest absolute Gasteiger partial charge is 0.378 e. The number of ether oxygens (including phenoxy) is 2. The fourth-order valence-electron chi connectivity index (χ4n) is 4.57. The lowest BCUT2D eigenvalue weighted by Gasteiger charge is -2.37. The van der Waals surface area contributed by atoms with Crippen molar-refractivity contribution in [1.29, 1.82) is 0 Å². The molecule has 4 fully saturated rings. The molecule has 4 aliphatic rings. The Kier molecular flexibility index (Phi) is 5.43. The molecule has 4 bridgehead atoms. The third-order valence-corrected chi connectivity index (χ3v) is 5.70. The van der Waals surface area contributed by atoms with Gasteiger partial charge in [0.05, 0.1) is 25.4 Å². The summed E-state index contributed by atoms with van der Waals surface area (Å²) in [5, 5.41) is 0. The number of rotatable bonds is 2. The van der Waals surface area contributed by atoms with Crippen LogP contribution in [0.3, 0.4) is 0 Å². The van der Waals surface area contributed by atoms with Gasteiger partial charge in [0.2, 0.25) is 0 Å². The van der Waals surface area contributed by atoms with Crippen LogP contribution < -0.4 is 0 Å². The van der Waals surface area contributed by atoms with Crippen LogP contribution in [0.4, 0.5) is 0 Å². The van der Waals surface area contributed by atoms with Gasteiger partial charge < -0.3 is 9.47 Å². The van der Waals surface area contributed by atoms with E-state index in [0.29, 0.717) is 24.3 Å². The van der Waals surface area contributed by atoms with E-state index in [0.717, 1.165) is 38.4 Å². The Morgan fingerprint density at radius 1 is 0.773 bits per heavy atom. The molecule has 0 radical (unpaired) electrons. The zero-order valence-electron chi connectivity index (χ0n) is 14.8. The summed E-state index contributed by atoms with van der Waals surface area (Å²) in [6, 6.07) is 2.86. The first kappa shape index (κ1) is 16.7. The first-order valence-electron chi connectivity index (χ1n) is 9.29. The SMILES string of the molecule is CC(C)N1C2CCC1COC2.CC(C)N1CC2CCC(C1)O2. The normalized spacial score (nSPS) is 38.5. The Hall–Kier alpha value is -0.160. The lowest BCUT2D eigenvalue weighted by atomic mass is 10.2. The predicted molar refractivity (Wildman–Crippen MR) is 89.2 cm³/mol. The molecule has 0 spiro atoms. The molecular formula is C18H34N2O2. The molecule has 4 heteroatoms. The minimum atomic E-state index is 0.552. The van der Waals surface area contributed by atoms with Crippen LogP contribution in [0.1, 0.15) is 53.4 Å². The molecule has 128 valence electrons. The molecule has 22 heavy (non-hydrogen) atoms. The second-order valence-corrected chi connectivity index (χ2v) is 7.97. The van der Waals surface area contributed by atoms with Gasteiger partial charge in [-0.15, -0.1) is 0 Å². The number of morpholine rings is 2. The molecule has 4 heterocycles. The van der Waals surface area contributed by atoms with Crippen LogP contribution in [0, 0.1) is 0 Å². The second-order valence-electron chi connectivity index (χ2n) is 7.97. The quantitative estimate of drug-likeness (QED) is 0.782. The van der Waals surface area contributed by atoms with Crippen molar-refractivity contribution in [3.8, 4) is 0 Å². The van der Waals surface area contributed by atoms with E-state index in [1.165, 1.54) is 25.7 Å². The number of likely N-dealkylation sites (tertiary alicyclic amines) is 1. The van der Waals surface area contributed by atoms with Crippen LogP contribution in [0.5, 0.6) is 0 Å². The van der Waals surface area contributed by atoms with Crippen LogP contribution in [-0.2, 0) is 9.47 Å². The van der Waals surface area contributed by atoms with Gasteiger partial charge in [-0.05, 0) is 53.4 Å². The lowest BCUT2D eigenvalue weighted by Crippen LogP contribution is -2.49. The zero-order chi connectivity index (χ0) is 15.7. The van der Waals surface area contributed by atoms with E-state index < -0.39 is 0 Å². The van der Waals surface area contributed by atoms with E-state index in [-0.39, 0.29) is 0 Å². The van der Waals surface area contributed by atoms with Crippen LogP contribution in [0.25, 0.3) is 0 Å². The van der Waals surface area contributed by atoms with Gasteiger partial charge in [-0.3, -0.25) is 9.80 Å². The molecule has 0 aromatic heterocycles. The van der Waals surface area contributed by atoms with Gasteiger partial charge in [-0.2, -0.15) is 0 Å². The standard InChI is InChI=1S/2C9H17NO/c1-7(2)10-8-3-4-9(10)6-11-5-8;1-7(2)10-5-8-3-4-9(6-10)11-8/h2*7-9H,3-6H2,1-2H3. The molecule has 0 aromatic carbocycles. The Balaban J connectivity index is 0.000000131. The Morgan fingerprint density at radius 2 is 1.32 bits per heavy atom. The van der Waals surface area contributed by atoms with Gasteiger partial charge in [-0.1, -0.05) is 0 Å². The van der Waals surface area contributed by atoms with Crippen molar-refractivity contribution < 1.29 is 9.47 Å². The predicted octanol–water partition coefficient (Wildman–Crippen LogP) is 2.52. The Morgan fingerprint density at radius 3 is 1.73 bits per heavy atom. The Bertz CT molecular complexity index is 333. The summed E-state index contributed by atoms with van der Waals surface area (Å²) >= 11 is 0. The van der Waals surface area contributed by atoms with Gasteiger partial charge in [0.25, 0.3) is 0 Å². The summed E-state index contributed by atoms with van der Waals surface area (Å²) in [7, 11) is 0. The summed E-state index contributed by atoms with van der Waals surface area (Å²) in [5.41, 5.74) is 0. The topological polar surface area (TPSA) is 24.9 Å². The van der Waals surface area contributed by atoms with Crippen LogP contribution in [0.15, 0.2) is 0 Å². The maximum absolute atomic E-state index is 5.74. The molecular weight excluding hydrogens is 276 g/mol. The summed E-state index contributed by atoms with van der Waals surface area (Å²) in [6.07, 6.45) is 6.38. The third-order valence-electron chi connectivity index (χ3n) is 5.70. The van der Waals surface area contributed by atoms with Crippen molar-refractivity contribution >= 4 is 0 Å². The number of hydrogen-bond donors (Lipinski definition) is 0. The molecule has 4 atom stereocenters. The van der Waals surface area contributed by atoms with Gasteiger partial charge in [0.1, 0.15) is 0 Å². The van der Waals surface area contributed by atoms with Gasteiger partial charge in [0.15, 0.2) is 0 Å². The molecule has 4 rings (SSSR count). The van der Waals surface area contributed by atoms with Crippen LogP contribution in [0.2, 0.25) is 0 Å². The van der Waals surface area contributed by atoms with E-state index in [1.807, 2.05) is 0 Å². The van der Waals surface area contributed by atoms with Gasteiger partial charge in [-0.25, -0.2) is 0 Å². The zero-order valence-corrected chi connectivity index (χ0v) is 14.8. The van der Waals surface area contributed by atoms with Crippen LogP contribution >= 0.6 is 0 Å².